The van der Waals surface area contributed by atoms with Gasteiger partial charge in [0.25, 0.3) is 0 Å². The Morgan fingerprint density at radius 1 is 1.31 bits per heavy atom. The van der Waals surface area contributed by atoms with Crippen LogP contribution in [-0.4, -0.2) is 38.9 Å². The van der Waals surface area contributed by atoms with Crippen LogP contribution < -0.4 is 10.2 Å². The standard InChI is InChI=1S/C19H27N7/c1-4-7-26-13-22-24-18(26)12-21-16-5-8-25(9-6-16)19-17(11-20)14(2)10-15(3)23-19/h10,13,16,21H,4-9,12H2,1-3H3. The van der Waals surface area contributed by atoms with Crippen molar-refractivity contribution in [3.05, 3.63) is 35.0 Å². The second-order valence-electron chi connectivity index (χ2n) is 6.97. The molecule has 7 heteroatoms. The number of nitriles is 1. The first-order valence-corrected chi connectivity index (χ1v) is 9.35. The predicted octanol–water partition coefficient (Wildman–Crippen LogP) is 2.33. The Bertz CT molecular complexity index is 782. The Hall–Kier alpha value is -2.46. The van der Waals surface area contributed by atoms with Gasteiger partial charge in [-0.3, -0.25) is 0 Å². The topological polar surface area (TPSA) is 82.7 Å². The van der Waals surface area contributed by atoms with Crippen molar-refractivity contribution in [2.45, 2.75) is 59.2 Å². The van der Waals surface area contributed by atoms with Crippen molar-refractivity contribution in [1.82, 2.24) is 25.1 Å². The molecule has 1 fully saturated rings. The molecule has 0 aromatic carbocycles. The zero-order chi connectivity index (χ0) is 18.5. The molecule has 2 aromatic rings. The Kier molecular flexibility index (Phi) is 5.84. The lowest BCUT2D eigenvalue weighted by Gasteiger charge is -2.34. The zero-order valence-electron chi connectivity index (χ0n) is 15.9. The molecule has 0 unspecified atom stereocenters. The van der Waals surface area contributed by atoms with Gasteiger partial charge in [0.05, 0.1) is 12.1 Å². The highest BCUT2D eigenvalue weighted by Crippen LogP contribution is 2.25. The summed E-state index contributed by atoms with van der Waals surface area (Å²) in [6, 6.07) is 4.75. The molecule has 3 heterocycles. The highest BCUT2D eigenvalue weighted by atomic mass is 15.3. The maximum Gasteiger partial charge on any atom is 0.147 e. The number of hydrogen-bond donors (Lipinski definition) is 1. The average Bonchev–Trinajstić information content (AvgIpc) is 3.07. The van der Waals surface area contributed by atoms with E-state index in [1.165, 1.54) is 0 Å². The molecular formula is C19H27N7. The fourth-order valence-electron chi connectivity index (χ4n) is 3.56. The molecule has 0 radical (unpaired) electrons. The van der Waals surface area contributed by atoms with Crippen molar-refractivity contribution < 1.29 is 0 Å². The highest BCUT2D eigenvalue weighted by Gasteiger charge is 2.23. The second-order valence-corrected chi connectivity index (χ2v) is 6.97. The van der Waals surface area contributed by atoms with Gasteiger partial charge in [0.15, 0.2) is 0 Å². The maximum absolute atomic E-state index is 9.49. The van der Waals surface area contributed by atoms with Crippen LogP contribution in [0.5, 0.6) is 0 Å². The molecule has 7 nitrogen and oxygen atoms in total. The average molecular weight is 353 g/mol. The molecule has 0 aliphatic carbocycles. The predicted molar refractivity (Wildman–Crippen MR) is 101 cm³/mol. The second kappa shape index (κ2) is 8.28. The lowest BCUT2D eigenvalue weighted by Crippen LogP contribution is -2.43. The van der Waals surface area contributed by atoms with E-state index in [0.717, 1.165) is 68.3 Å². The van der Waals surface area contributed by atoms with E-state index < -0.39 is 0 Å². The van der Waals surface area contributed by atoms with Crippen LogP contribution in [0.25, 0.3) is 0 Å². The molecule has 0 bridgehead atoms. The number of anilines is 1. The Morgan fingerprint density at radius 3 is 2.77 bits per heavy atom. The van der Waals surface area contributed by atoms with Crippen LogP contribution >= 0.6 is 0 Å². The highest BCUT2D eigenvalue weighted by molar-refractivity contribution is 5.58. The van der Waals surface area contributed by atoms with Crippen LogP contribution in [0.15, 0.2) is 12.4 Å². The van der Waals surface area contributed by atoms with Crippen LogP contribution in [0.4, 0.5) is 5.82 Å². The summed E-state index contributed by atoms with van der Waals surface area (Å²) in [5.41, 5.74) is 2.67. The third kappa shape index (κ3) is 4.02. The van der Waals surface area contributed by atoms with Gasteiger partial charge in [0.2, 0.25) is 0 Å². The molecule has 26 heavy (non-hydrogen) atoms. The van der Waals surface area contributed by atoms with Gasteiger partial charge in [0, 0.05) is 31.4 Å². The molecule has 1 saturated heterocycles. The first kappa shape index (κ1) is 18.3. The van der Waals surface area contributed by atoms with Crippen molar-refractivity contribution in [1.29, 1.82) is 5.26 Å². The number of pyridine rings is 1. The lowest BCUT2D eigenvalue weighted by molar-refractivity contribution is 0.404. The van der Waals surface area contributed by atoms with Crippen LogP contribution in [0.2, 0.25) is 0 Å². The molecule has 1 aliphatic rings. The molecule has 2 aromatic heterocycles. The minimum absolute atomic E-state index is 0.453. The number of piperidine rings is 1. The van der Waals surface area contributed by atoms with E-state index in [-0.39, 0.29) is 0 Å². The maximum atomic E-state index is 9.49. The molecule has 1 N–H and O–H groups in total. The van der Waals surface area contributed by atoms with E-state index in [0.29, 0.717) is 11.6 Å². The Morgan fingerprint density at radius 2 is 2.08 bits per heavy atom. The normalized spacial score (nSPS) is 15.2. The molecule has 0 amide bonds. The van der Waals surface area contributed by atoms with Crippen molar-refractivity contribution in [2.24, 2.45) is 0 Å². The van der Waals surface area contributed by atoms with Crippen LogP contribution in [-0.2, 0) is 13.1 Å². The number of rotatable bonds is 6. The Balaban J connectivity index is 1.58. The van der Waals surface area contributed by atoms with Gasteiger partial charge in [-0.1, -0.05) is 6.92 Å². The van der Waals surface area contributed by atoms with Gasteiger partial charge in [0.1, 0.15) is 24.0 Å². The van der Waals surface area contributed by atoms with Crippen LogP contribution in [0.1, 0.15) is 48.8 Å². The molecule has 138 valence electrons. The molecular weight excluding hydrogens is 326 g/mol. The molecule has 1 aliphatic heterocycles. The summed E-state index contributed by atoms with van der Waals surface area (Å²) >= 11 is 0. The van der Waals surface area contributed by atoms with Crippen LogP contribution in [0.3, 0.4) is 0 Å². The van der Waals surface area contributed by atoms with E-state index in [4.69, 9.17) is 0 Å². The number of aryl methyl sites for hydroxylation is 3. The summed E-state index contributed by atoms with van der Waals surface area (Å²) in [6.45, 7) is 9.64. The Labute approximate surface area is 155 Å². The summed E-state index contributed by atoms with van der Waals surface area (Å²) in [6.07, 6.45) is 4.94. The smallest absolute Gasteiger partial charge is 0.147 e. The number of aromatic nitrogens is 4. The minimum Gasteiger partial charge on any atom is -0.355 e. The summed E-state index contributed by atoms with van der Waals surface area (Å²) in [5, 5.41) is 21.3. The summed E-state index contributed by atoms with van der Waals surface area (Å²) < 4.78 is 2.11. The molecule has 0 atom stereocenters. The third-order valence-electron chi connectivity index (χ3n) is 4.94. The summed E-state index contributed by atoms with van der Waals surface area (Å²) in [5.74, 6) is 1.84. The quantitative estimate of drug-likeness (QED) is 0.858. The number of nitrogens with one attached hydrogen (secondary N) is 1. The summed E-state index contributed by atoms with van der Waals surface area (Å²) in [4.78, 5) is 6.88. The van der Waals surface area contributed by atoms with Gasteiger partial charge in [-0.05, 0) is 44.7 Å². The molecule has 0 saturated carbocycles. The van der Waals surface area contributed by atoms with Crippen molar-refractivity contribution in [3.8, 4) is 6.07 Å². The monoisotopic (exact) mass is 353 g/mol. The molecule has 3 rings (SSSR count). The molecule has 0 spiro atoms. The van der Waals surface area contributed by atoms with Gasteiger partial charge < -0.3 is 14.8 Å². The van der Waals surface area contributed by atoms with Gasteiger partial charge in [-0.2, -0.15) is 5.26 Å². The number of nitrogens with zero attached hydrogens (tertiary/aromatic N) is 6. The largest absolute Gasteiger partial charge is 0.355 e. The van der Waals surface area contributed by atoms with E-state index in [9.17, 15) is 5.26 Å². The zero-order valence-corrected chi connectivity index (χ0v) is 15.9. The van der Waals surface area contributed by atoms with E-state index in [1.54, 1.807) is 6.33 Å². The van der Waals surface area contributed by atoms with E-state index in [1.807, 2.05) is 19.9 Å². The minimum atomic E-state index is 0.453. The lowest BCUT2D eigenvalue weighted by atomic mass is 10.0. The fraction of sp³-hybridized carbons (Fsp3) is 0.579. The van der Waals surface area contributed by atoms with Gasteiger partial charge in [-0.15, -0.1) is 10.2 Å². The van der Waals surface area contributed by atoms with E-state index >= 15 is 0 Å². The van der Waals surface area contributed by atoms with Crippen LogP contribution in [0, 0.1) is 25.2 Å². The van der Waals surface area contributed by atoms with Crippen molar-refractivity contribution in [3.63, 3.8) is 0 Å². The van der Waals surface area contributed by atoms with E-state index in [2.05, 4.69) is 43.0 Å². The first-order valence-electron chi connectivity index (χ1n) is 9.35. The fourth-order valence-corrected chi connectivity index (χ4v) is 3.56. The van der Waals surface area contributed by atoms with Gasteiger partial charge >= 0.3 is 0 Å². The van der Waals surface area contributed by atoms with Crippen molar-refractivity contribution in [2.75, 3.05) is 18.0 Å². The number of hydrogen-bond acceptors (Lipinski definition) is 6. The first-order chi connectivity index (χ1) is 12.6. The third-order valence-corrected chi connectivity index (χ3v) is 4.94. The SMILES string of the molecule is CCCn1cnnc1CNC1CCN(c2nc(C)cc(C)c2C#N)CC1. The summed E-state index contributed by atoms with van der Waals surface area (Å²) in [7, 11) is 0. The van der Waals surface area contributed by atoms with Crippen molar-refractivity contribution >= 4 is 5.82 Å². The van der Waals surface area contributed by atoms with Gasteiger partial charge in [-0.25, -0.2) is 4.98 Å².